The summed E-state index contributed by atoms with van der Waals surface area (Å²) in [7, 11) is 0. The fourth-order valence-electron chi connectivity index (χ4n) is 3.16. The number of phenols is 1. The summed E-state index contributed by atoms with van der Waals surface area (Å²) < 4.78 is 46.3. The number of nitrogens with one attached hydrogen (secondary N) is 2. The maximum Gasteiger partial charge on any atom is 0.420 e. The molecule has 0 radical (unpaired) electrons. The van der Waals surface area contributed by atoms with Crippen LogP contribution in [0.4, 0.5) is 18.9 Å². The summed E-state index contributed by atoms with van der Waals surface area (Å²) in [4.78, 5) is 0. The summed E-state index contributed by atoms with van der Waals surface area (Å²) in [6, 6.07) is 8.49. The van der Waals surface area contributed by atoms with Crippen LogP contribution in [0.3, 0.4) is 0 Å². The Hall–Kier alpha value is -2.81. The number of thioether (sulfide) groups is 1. The number of nitrogen functional groups attached to an aromatic ring is 1. The van der Waals surface area contributed by atoms with E-state index in [4.69, 9.17) is 15.9 Å². The summed E-state index contributed by atoms with van der Waals surface area (Å²) in [5.41, 5.74) is 5.88. The minimum Gasteiger partial charge on any atom is -0.507 e. The van der Waals surface area contributed by atoms with E-state index in [1.807, 2.05) is 0 Å². The lowest BCUT2D eigenvalue weighted by Gasteiger charge is -2.25. The molecule has 9 heteroatoms. The molecule has 5 nitrogen and oxygen atoms in total. The highest BCUT2D eigenvalue weighted by Gasteiger charge is 2.35. The van der Waals surface area contributed by atoms with Crippen molar-refractivity contribution < 1.29 is 23.0 Å². The van der Waals surface area contributed by atoms with Crippen molar-refractivity contribution in [3.63, 3.8) is 0 Å². The van der Waals surface area contributed by atoms with Gasteiger partial charge < -0.3 is 20.9 Å². The van der Waals surface area contributed by atoms with Gasteiger partial charge in [-0.2, -0.15) is 24.9 Å². The van der Waals surface area contributed by atoms with Gasteiger partial charge in [0.1, 0.15) is 23.4 Å². The quantitative estimate of drug-likeness (QED) is 0.348. The van der Waals surface area contributed by atoms with Crippen molar-refractivity contribution in [1.82, 2.24) is 0 Å². The van der Waals surface area contributed by atoms with E-state index in [2.05, 4.69) is 5.32 Å². The summed E-state index contributed by atoms with van der Waals surface area (Å²) in [5.74, 6) is 1.53. The molecule has 0 saturated carbocycles. The zero-order valence-electron chi connectivity index (χ0n) is 16.7. The number of nitrogens with two attached hydrogens (primary N) is 1. The molecule has 1 heterocycles. The van der Waals surface area contributed by atoms with Crippen LogP contribution < -0.4 is 15.8 Å². The number of hydrogen-bond donors (Lipinski definition) is 4. The second-order valence-corrected chi connectivity index (χ2v) is 8.33. The van der Waals surface area contributed by atoms with Crippen LogP contribution in [0.25, 0.3) is 6.08 Å². The van der Waals surface area contributed by atoms with Gasteiger partial charge in [0.15, 0.2) is 0 Å². The first-order valence-corrected chi connectivity index (χ1v) is 10.9. The number of aromatic hydroxyl groups is 1. The Morgan fingerprint density at radius 2 is 1.97 bits per heavy atom. The highest BCUT2D eigenvalue weighted by Crippen LogP contribution is 2.39. The first-order chi connectivity index (χ1) is 14.7. The minimum absolute atomic E-state index is 0.0169. The second-order valence-electron chi connectivity index (χ2n) is 7.11. The first-order valence-electron chi connectivity index (χ1n) is 9.77. The van der Waals surface area contributed by atoms with Gasteiger partial charge in [0.2, 0.25) is 0 Å². The number of hydrogen-bond acceptors (Lipinski definition) is 5. The molecule has 166 valence electrons. The Morgan fingerprint density at radius 3 is 2.65 bits per heavy atom. The van der Waals surface area contributed by atoms with E-state index in [-0.39, 0.29) is 30.0 Å². The van der Waals surface area contributed by atoms with Crippen LogP contribution in [0.2, 0.25) is 0 Å². The molecule has 1 saturated heterocycles. The van der Waals surface area contributed by atoms with Gasteiger partial charge in [-0.3, -0.25) is 5.41 Å². The van der Waals surface area contributed by atoms with Crippen molar-refractivity contribution in [2.75, 3.05) is 23.4 Å². The molecule has 0 spiro atoms. The number of rotatable bonds is 7. The molecular weight excluding hydrogens is 427 g/mol. The van der Waals surface area contributed by atoms with Gasteiger partial charge in [-0.05, 0) is 60.7 Å². The highest BCUT2D eigenvalue weighted by molar-refractivity contribution is 7.99. The Kier molecular flexibility index (Phi) is 7.37. The number of benzene rings is 2. The first kappa shape index (κ1) is 22.9. The van der Waals surface area contributed by atoms with Crippen molar-refractivity contribution >= 4 is 29.4 Å². The third kappa shape index (κ3) is 6.33. The van der Waals surface area contributed by atoms with Crippen molar-refractivity contribution in [2.24, 2.45) is 5.73 Å². The average molecular weight is 452 g/mol. The minimum atomic E-state index is -4.52. The number of anilines is 1. The monoisotopic (exact) mass is 451 g/mol. The van der Waals surface area contributed by atoms with Crippen LogP contribution in [-0.4, -0.2) is 35.1 Å². The van der Waals surface area contributed by atoms with E-state index < -0.39 is 11.7 Å². The molecule has 5 N–H and O–H groups in total. The lowest BCUT2D eigenvalue weighted by Crippen LogP contribution is -2.23. The number of ether oxygens (including phenoxy) is 1. The fraction of sp³-hybridized carbons (Fsp3) is 0.318. The van der Waals surface area contributed by atoms with Gasteiger partial charge in [-0.25, -0.2) is 0 Å². The fourth-order valence-corrected chi connectivity index (χ4v) is 4.22. The van der Waals surface area contributed by atoms with Crippen molar-refractivity contribution in [3.8, 4) is 11.5 Å². The second kappa shape index (κ2) is 10.00. The topological polar surface area (TPSA) is 91.4 Å². The lowest BCUT2D eigenvalue weighted by molar-refractivity contribution is -0.139. The van der Waals surface area contributed by atoms with Gasteiger partial charge in [0.05, 0.1) is 5.56 Å². The molecule has 0 unspecified atom stereocenters. The number of halogens is 3. The molecule has 0 aromatic heterocycles. The van der Waals surface area contributed by atoms with E-state index in [1.165, 1.54) is 18.2 Å². The molecule has 1 aliphatic rings. The third-order valence-electron chi connectivity index (χ3n) is 4.81. The van der Waals surface area contributed by atoms with Gasteiger partial charge in [0, 0.05) is 23.4 Å². The molecule has 1 aliphatic heterocycles. The van der Waals surface area contributed by atoms with Crippen LogP contribution in [0, 0.1) is 5.41 Å². The Bertz CT molecular complexity index is 958. The van der Waals surface area contributed by atoms with Crippen LogP contribution in [0.1, 0.15) is 29.5 Å². The SMILES string of the molecule is N=C(N)c1ccc(O)c(/C=C/CNc2ccc(OC3CCSCC3)c(C(F)(F)F)c2)c1. The van der Waals surface area contributed by atoms with E-state index in [9.17, 15) is 18.3 Å². The predicted octanol–water partition coefficient (Wildman–Crippen LogP) is 5.09. The highest BCUT2D eigenvalue weighted by atomic mass is 32.2. The zero-order chi connectivity index (χ0) is 22.4. The van der Waals surface area contributed by atoms with Crippen molar-refractivity contribution in [1.29, 1.82) is 5.41 Å². The maximum absolute atomic E-state index is 13.6. The summed E-state index contributed by atoms with van der Waals surface area (Å²) in [6.07, 6.45) is 0.0385. The molecule has 31 heavy (non-hydrogen) atoms. The number of alkyl halides is 3. The van der Waals surface area contributed by atoms with E-state index in [0.717, 1.165) is 30.4 Å². The number of amidine groups is 1. The maximum atomic E-state index is 13.6. The van der Waals surface area contributed by atoms with E-state index >= 15 is 0 Å². The van der Waals surface area contributed by atoms with Gasteiger partial charge in [-0.1, -0.05) is 12.2 Å². The predicted molar refractivity (Wildman–Crippen MR) is 119 cm³/mol. The molecule has 0 amide bonds. The van der Waals surface area contributed by atoms with Gasteiger partial charge in [0.25, 0.3) is 0 Å². The molecule has 0 aliphatic carbocycles. The van der Waals surface area contributed by atoms with Crippen LogP contribution in [0.5, 0.6) is 11.5 Å². The summed E-state index contributed by atoms with van der Waals surface area (Å²) in [5, 5.41) is 20.3. The Morgan fingerprint density at radius 1 is 1.23 bits per heavy atom. The Labute approximate surface area is 183 Å². The largest absolute Gasteiger partial charge is 0.507 e. The van der Waals surface area contributed by atoms with E-state index in [0.29, 0.717) is 16.8 Å². The van der Waals surface area contributed by atoms with Gasteiger partial charge >= 0.3 is 6.18 Å². The Balaban J connectivity index is 1.68. The average Bonchev–Trinajstić information content (AvgIpc) is 2.73. The van der Waals surface area contributed by atoms with Crippen LogP contribution >= 0.6 is 11.8 Å². The summed E-state index contributed by atoms with van der Waals surface area (Å²) in [6.45, 7) is 0.237. The molecule has 2 aromatic carbocycles. The standard InChI is InChI=1S/C22H24F3N3O2S/c23-22(24,25)18-13-16(4-6-20(18)30-17-7-10-31-11-8-17)28-9-1-2-14-12-15(21(26)27)3-5-19(14)29/h1-6,12-13,17,28-29H,7-11H2,(H3,26,27)/b2-1+. The number of phenolic OH excluding ortho intramolecular Hbond substituents is 1. The normalized spacial score (nSPS) is 15.2. The molecule has 0 bridgehead atoms. The zero-order valence-corrected chi connectivity index (χ0v) is 17.5. The smallest absolute Gasteiger partial charge is 0.420 e. The van der Waals surface area contributed by atoms with Gasteiger partial charge in [-0.15, -0.1) is 0 Å². The molecule has 1 fully saturated rings. The molecular formula is C22H24F3N3O2S. The van der Waals surface area contributed by atoms with Crippen molar-refractivity contribution in [2.45, 2.75) is 25.1 Å². The van der Waals surface area contributed by atoms with Crippen molar-refractivity contribution in [3.05, 3.63) is 59.2 Å². The van der Waals surface area contributed by atoms with Crippen LogP contribution in [0.15, 0.2) is 42.5 Å². The van der Waals surface area contributed by atoms with E-state index in [1.54, 1.807) is 36.0 Å². The lowest BCUT2D eigenvalue weighted by atomic mass is 10.1. The molecule has 3 rings (SSSR count). The molecule has 2 aromatic rings. The van der Waals surface area contributed by atoms with Crippen LogP contribution in [-0.2, 0) is 6.18 Å². The third-order valence-corrected chi connectivity index (χ3v) is 5.86. The summed E-state index contributed by atoms with van der Waals surface area (Å²) >= 11 is 1.78. The molecule has 0 atom stereocenters.